The summed E-state index contributed by atoms with van der Waals surface area (Å²) in [7, 11) is 0. The van der Waals surface area contributed by atoms with Crippen molar-refractivity contribution < 1.29 is 23.9 Å². The molecule has 1 aromatic heterocycles. The number of aromatic nitrogens is 1. The molecule has 1 atom stereocenters. The monoisotopic (exact) mass is 480 g/mol. The Labute approximate surface area is 202 Å². The highest BCUT2D eigenvalue weighted by molar-refractivity contribution is 6.00. The van der Waals surface area contributed by atoms with Gasteiger partial charge >= 0.3 is 5.97 Å². The van der Waals surface area contributed by atoms with Crippen molar-refractivity contribution in [1.82, 2.24) is 10.3 Å². The number of aromatic carboxylic acids is 1. The fourth-order valence-corrected chi connectivity index (χ4v) is 4.57. The van der Waals surface area contributed by atoms with E-state index < -0.39 is 17.9 Å². The molecule has 1 aliphatic rings. The van der Waals surface area contributed by atoms with Gasteiger partial charge in [0, 0.05) is 28.9 Å². The third-order valence-corrected chi connectivity index (χ3v) is 6.66. The number of carbonyl (C=O) groups excluding carboxylic acids is 2. The van der Waals surface area contributed by atoms with Crippen LogP contribution in [0, 0.1) is 17.7 Å². The van der Waals surface area contributed by atoms with Crippen molar-refractivity contribution in [3.05, 3.63) is 65.6 Å². The Morgan fingerprint density at radius 2 is 1.77 bits per heavy atom. The number of amides is 2. The minimum Gasteiger partial charge on any atom is -0.477 e. The van der Waals surface area contributed by atoms with Gasteiger partial charge in [-0.3, -0.25) is 9.59 Å². The predicted molar refractivity (Wildman–Crippen MR) is 130 cm³/mol. The fourth-order valence-electron chi connectivity index (χ4n) is 4.57. The summed E-state index contributed by atoms with van der Waals surface area (Å²) in [6.07, 6.45) is 3.44. The molecule has 0 radical (unpaired) electrons. The van der Waals surface area contributed by atoms with E-state index in [0.717, 1.165) is 25.7 Å². The molecule has 0 saturated heterocycles. The zero-order valence-corrected chi connectivity index (χ0v) is 19.2. The highest BCUT2D eigenvalue weighted by atomic mass is 19.1. The van der Waals surface area contributed by atoms with E-state index in [4.69, 9.17) is 5.73 Å². The molecule has 1 heterocycles. The Morgan fingerprint density at radius 1 is 1.06 bits per heavy atom. The summed E-state index contributed by atoms with van der Waals surface area (Å²) in [5.41, 5.74) is 7.62. The molecule has 2 aromatic carbocycles. The van der Waals surface area contributed by atoms with Gasteiger partial charge in [0.15, 0.2) is 0 Å². The van der Waals surface area contributed by atoms with Crippen molar-refractivity contribution >= 4 is 34.4 Å². The standard InChI is InChI=1S/C26H29FN4O4/c27-19-7-3-15(4-8-19)11-22(31-24(32)17-5-1-16(14-28)2-6-17)25(33)29-20-9-10-21-18(12-20)13-23(30-21)26(34)35/h3-4,7-10,12-13,16-17,22,30H,1-2,5-6,11,14,28H2,(H,29,33)(H,31,32)(H,34,35)/t16?,17?,22-/m0/s1. The maximum Gasteiger partial charge on any atom is 0.352 e. The van der Waals surface area contributed by atoms with Gasteiger partial charge in [0.25, 0.3) is 0 Å². The summed E-state index contributed by atoms with van der Waals surface area (Å²) in [6, 6.07) is 11.5. The van der Waals surface area contributed by atoms with Crippen molar-refractivity contribution in [2.75, 3.05) is 11.9 Å². The molecule has 184 valence electrons. The van der Waals surface area contributed by atoms with Gasteiger partial charge in [-0.05, 0) is 80.1 Å². The molecule has 1 fully saturated rings. The lowest BCUT2D eigenvalue weighted by molar-refractivity contribution is -0.130. The molecule has 0 aliphatic heterocycles. The van der Waals surface area contributed by atoms with E-state index in [0.29, 0.717) is 34.6 Å². The molecule has 0 spiro atoms. The van der Waals surface area contributed by atoms with Gasteiger partial charge in [-0.15, -0.1) is 0 Å². The molecule has 4 rings (SSSR count). The quantitative estimate of drug-likeness (QED) is 0.336. The molecule has 0 unspecified atom stereocenters. The third kappa shape index (κ3) is 6.05. The number of rotatable bonds is 8. The molecule has 1 aliphatic carbocycles. The van der Waals surface area contributed by atoms with E-state index >= 15 is 0 Å². The topological polar surface area (TPSA) is 137 Å². The zero-order chi connectivity index (χ0) is 24.9. The molecule has 0 bridgehead atoms. The Hall–Kier alpha value is -3.72. The highest BCUT2D eigenvalue weighted by Gasteiger charge is 2.29. The van der Waals surface area contributed by atoms with Crippen LogP contribution in [0.1, 0.15) is 41.7 Å². The maximum absolute atomic E-state index is 13.4. The Bertz CT molecular complexity index is 1220. The number of benzene rings is 2. The van der Waals surface area contributed by atoms with Gasteiger partial charge in [0.2, 0.25) is 11.8 Å². The Balaban J connectivity index is 1.49. The fraction of sp³-hybridized carbons (Fsp3) is 0.346. The average Bonchev–Trinajstić information content (AvgIpc) is 3.29. The smallest absolute Gasteiger partial charge is 0.352 e. The number of anilines is 1. The predicted octanol–water partition coefficient (Wildman–Crippen LogP) is 3.44. The van der Waals surface area contributed by atoms with Crippen molar-refractivity contribution in [3.8, 4) is 0 Å². The minimum absolute atomic E-state index is 0.0503. The summed E-state index contributed by atoms with van der Waals surface area (Å²) in [5, 5.41) is 15.5. The summed E-state index contributed by atoms with van der Waals surface area (Å²) < 4.78 is 13.4. The zero-order valence-electron chi connectivity index (χ0n) is 19.2. The maximum atomic E-state index is 13.4. The number of H-pyrrole nitrogens is 1. The number of halogens is 1. The van der Waals surface area contributed by atoms with Crippen molar-refractivity contribution in [3.63, 3.8) is 0 Å². The van der Waals surface area contributed by atoms with Crippen LogP contribution >= 0.6 is 0 Å². The number of aromatic amines is 1. The Kier molecular flexibility index (Phi) is 7.45. The lowest BCUT2D eigenvalue weighted by atomic mass is 9.81. The number of carboxylic acids is 1. The van der Waals surface area contributed by atoms with Gasteiger partial charge in [-0.2, -0.15) is 0 Å². The second-order valence-corrected chi connectivity index (χ2v) is 9.12. The van der Waals surface area contributed by atoms with Crippen molar-refractivity contribution in [1.29, 1.82) is 0 Å². The molecular formula is C26H29FN4O4. The first kappa shape index (κ1) is 24.4. The van der Waals surface area contributed by atoms with Crippen LogP contribution in [0.15, 0.2) is 48.5 Å². The van der Waals surface area contributed by atoms with Crippen LogP contribution in [0.3, 0.4) is 0 Å². The van der Waals surface area contributed by atoms with E-state index in [1.807, 2.05) is 0 Å². The number of hydrogen-bond acceptors (Lipinski definition) is 4. The molecule has 1 saturated carbocycles. The number of carboxylic acid groups (broad SMARTS) is 1. The van der Waals surface area contributed by atoms with Crippen LogP contribution in [0.4, 0.5) is 10.1 Å². The van der Waals surface area contributed by atoms with Gasteiger partial charge in [-0.25, -0.2) is 9.18 Å². The summed E-state index contributed by atoms with van der Waals surface area (Å²) >= 11 is 0. The number of fused-ring (bicyclic) bond motifs is 1. The molecule has 6 N–H and O–H groups in total. The van der Waals surface area contributed by atoms with Crippen LogP contribution in [-0.4, -0.2) is 40.5 Å². The first-order chi connectivity index (χ1) is 16.8. The summed E-state index contributed by atoms with van der Waals surface area (Å²) in [6.45, 7) is 0.614. The van der Waals surface area contributed by atoms with Gasteiger partial charge < -0.3 is 26.5 Å². The van der Waals surface area contributed by atoms with Gasteiger partial charge in [0.05, 0.1) is 0 Å². The lowest BCUT2D eigenvalue weighted by Gasteiger charge is -2.28. The van der Waals surface area contributed by atoms with Crippen LogP contribution in [0.25, 0.3) is 10.9 Å². The van der Waals surface area contributed by atoms with Crippen molar-refractivity contribution in [2.45, 2.75) is 38.1 Å². The minimum atomic E-state index is -1.07. The average molecular weight is 481 g/mol. The van der Waals surface area contributed by atoms with E-state index in [2.05, 4.69) is 15.6 Å². The van der Waals surface area contributed by atoms with Crippen LogP contribution in [-0.2, 0) is 16.0 Å². The van der Waals surface area contributed by atoms with Crippen LogP contribution < -0.4 is 16.4 Å². The molecule has 2 amide bonds. The summed E-state index contributed by atoms with van der Waals surface area (Å²) in [4.78, 5) is 40.2. The second kappa shape index (κ2) is 10.7. The number of hydrogen-bond donors (Lipinski definition) is 5. The largest absolute Gasteiger partial charge is 0.477 e. The number of nitrogens with two attached hydrogens (primary N) is 1. The Morgan fingerprint density at radius 3 is 2.43 bits per heavy atom. The van der Waals surface area contributed by atoms with Gasteiger partial charge in [0.1, 0.15) is 17.6 Å². The lowest BCUT2D eigenvalue weighted by Crippen LogP contribution is -2.48. The van der Waals surface area contributed by atoms with Gasteiger partial charge in [-0.1, -0.05) is 12.1 Å². The molecule has 9 heteroatoms. The molecule has 35 heavy (non-hydrogen) atoms. The first-order valence-electron chi connectivity index (χ1n) is 11.7. The first-order valence-corrected chi connectivity index (χ1v) is 11.7. The van der Waals surface area contributed by atoms with Crippen LogP contribution in [0.2, 0.25) is 0 Å². The second-order valence-electron chi connectivity index (χ2n) is 9.12. The SMILES string of the molecule is NCC1CCC(C(=O)N[C@@H](Cc2ccc(F)cc2)C(=O)Nc2ccc3[nH]c(C(=O)O)cc3c2)CC1. The van der Waals surface area contributed by atoms with E-state index in [-0.39, 0.29) is 29.8 Å². The van der Waals surface area contributed by atoms with E-state index in [1.54, 1.807) is 30.3 Å². The normalized spacial score (nSPS) is 18.7. The molecule has 8 nitrogen and oxygen atoms in total. The number of nitrogens with one attached hydrogen (secondary N) is 3. The van der Waals surface area contributed by atoms with Crippen molar-refractivity contribution in [2.24, 2.45) is 17.6 Å². The van der Waals surface area contributed by atoms with E-state index in [1.165, 1.54) is 18.2 Å². The summed E-state index contributed by atoms with van der Waals surface area (Å²) in [5.74, 6) is -1.78. The third-order valence-electron chi connectivity index (χ3n) is 6.66. The van der Waals surface area contributed by atoms with E-state index in [9.17, 15) is 23.9 Å². The highest BCUT2D eigenvalue weighted by Crippen LogP contribution is 2.28. The number of carbonyl (C=O) groups is 3. The van der Waals surface area contributed by atoms with Crippen LogP contribution in [0.5, 0.6) is 0 Å². The molecular weight excluding hydrogens is 451 g/mol. The molecule has 3 aromatic rings.